The fourth-order valence-corrected chi connectivity index (χ4v) is 4.27. The Morgan fingerprint density at radius 3 is 2.36 bits per heavy atom. The highest BCUT2D eigenvalue weighted by Gasteiger charge is 2.36. The molecule has 0 saturated heterocycles. The minimum atomic E-state index is -4.60. The van der Waals surface area contributed by atoms with Crippen LogP contribution in [0.4, 0.5) is 24.8 Å². The number of carbonyl (C=O) groups is 1. The molecule has 1 amide bonds. The van der Waals surface area contributed by atoms with Gasteiger partial charge in [-0.3, -0.25) is 14.9 Å². The highest BCUT2D eigenvalue weighted by atomic mass is 28.4. The molecule has 0 aliphatic rings. The molecule has 0 atom stereocenters. The molecule has 0 radical (unpaired) electrons. The smallest absolute Gasteiger partial charge is 0.415 e. The Kier molecular flexibility index (Phi) is 7.60. The number of pyridine rings is 1. The van der Waals surface area contributed by atoms with Crippen molar-refractivity contribution in [2.75, 3.05) is 23.8 Å². The summed E-state index contributed by atoms with van der Waals surface area (Å²) in [6.07, 6.45) is -3.47. The standard InChI is InChI=1S/C24H30F3N5O3Si/c1-23(2,3)36(5,6)35-11-10-28-18-8-7-9-19-16(18)12-17(21(34)32(19)4)20(33)31-22-29-13-15(14-30-22)24(25,26)27/h7-9,12-14,28H,10-11H2,1-6H3,(H,29,30,31,33). The zero-order valence-corrected chi connectivity index (χ0v) is 22.1. The van der Waals surface area contributed by atoms with E-state index in [0.717, 1.165) is 0 Å². The maximum atomic E-state index is 12.9. The maximum absolute atomic E-state index is 12.9. The molecule has 12 heteroatoms. The lowest BCUT2D eigenvalue weighted by atomic mass is 10.1. The average Bonchev–Trinajstić information content (AvgIpc) is 2.78. The van der Waals surface area contributed by atoms with Gasteiger partial charge in [0.05, 0.1) is 17.7 Å². The van der Waals surface area contributed by atoms with Crippen molar-refractivity contribution < 1.29 is 22.4 Å². The lowest BCUT2D eigenvalue weighted by Gasteiger charge is -2.36. The van der Waals surface area contributed by atoms with Crippen LogP contribution in [0.3, 0.4) is 0 Å². The van der Waals surface area contributed by atoms with E-state index >= 15 is 0 Å². The van der Waals surface area contributed by atoms with E-state index in [2.05, 4.69) is 54.5 Å². The molecule has 0 bridgehead atoms. The molecule has 1 aromatic carbocycles. The lowest BCUT2D eigenvalue weighted by molar-refractivity contribution is -0.138. The minimum absolute atomic E-state index is 0.0871. The van der Waals surface area contributed by atoms with Crippen molar-refractivity contribution in [3.8, 4) is 0 Å². The quantitative estimate of drug-likeness (QED) is 0.334. The predicted octanol–water partition coefficient (Wildman–Crippen LogP) is 5.03. The van der Waals surface area contributed by atoms with Crippen LogP contribution in [0, 0.1) is 0 Å². The van der Waals surface area contributed by atoms with Crippen LogP contribution in [0.25, 0.3) is 10.9 Å². The molecule has 0 spiro atoms. The van der Waals surface area contributed by atoms with E-state index in [1.54, 1.807) is 19.2 Å². The summed E-state index contributed by atoms with van der Waals surface area (Å²) in [6.45, 7) is 11.9. The van der Waals surface area contributed by atoms with E-state index in [1.165, 1.54) is 10.6 Å². The molecule has 194 valence electrons. The van der Waals surface area contributed by atoms with Gasteiger partial charge in [-0.2, -0.15) is 13.2 Å². The number of aryl methyl sites for hydroxylation is 1. The number of anilines is 2. The van der Waals surface area contributed by atoms with Gasteiger partial charge >= 0.3 is 6.18 Å². The minimum Gasteiger partial charge on any atom is -0.415 e. The summed E-state index contributed by atoms with van der Waals surface area (Å²) in [7, 11) is -0.359. The first-order valence-corrected chi connectivity index (χ1v) is 14.2. The molecular weight excluding hydrogens is 491 g/mol. The second kappa shape index (κ2) is 10.0. The van der Waals surface area contributed by atoms with Gasteiger partial charge in [0.15, 0.2) is 8.32 Å². The number of halogens is 3. The Hall–Kier alpha value is -3.25. The summed E-state index contributed by atoms with van der Waals surface area (Å²) in [5.41, 5.74) is -0.486. The summed E-state index contributed by atoms with van der Waals surface area (Å²) in [5.74, 6) is -1.17. The van der Waals surface area contributed by atoms with Crippen LogP contribution in [0.15, 0.2) is 41.5 Å². The summed E-state index contributed by atoms with van der Waals surface area (Å²) < 4.78 is 45.7. The third-order valence-electron chi connectivity index (χ3n) is 6.40. The van der Waals surface area contributed by atoms with Gasteiger partial charge in [-0.1, -0.05) is 26.8 Å². The zero-order valence-electron chi connectivity index (χ0n) is 21.1. The number of hydrogen-bond acceptors (Lipinski definition) is 6. The van der Waals surface area contributed by atoms with E-state index in [-0.39, 0.29) is 16.6 Å². The molecule has 0 saturated carbocycles. The third kappa shape index (κ3) is 5.93. The Bertz CT molecular complexity index is 1320. The number of fused-ring (bicyclic) bond motifs is 1. The topological polar surface area (TPSA) is 98.1 Å². The monoisotopic (exact) mass is 521 g/mol. The molecule has 0 unspecified atom stereocenters. The second-order valence-corrected chi connectivity index (χ2v) is 14.8. The van der Waals surface area contributed by atoms with Crippen molar-refractivity contribution in [3.63, 3.8) is 0 Å². The Balaban J connectivity index is 1.83. The van der Waals surface area contributed by atoms with Gasteiger partial charge in [-0.15, -0.1) is 0 Å². The average molecular weight is 522 g/mol. The van der Waals surface area contributed by atoms with Crippen molar-refractivity contribution in [2.24, 2.45) is 7.05 Å². The fraction of sp³-hybridized carbons (Fsp3) is 0.417. The molecule has 2 heterocycles. The van der Waals surface area contributed by atoms with Crippen LogP contribution in [-0.2, 0) is 17.6 Å². The van der Waals surface area contributed by atoms with Crippen LogP contribution in [-0.4, -0.2) is 41.9 Å². The van der Waals surface area contributed by atoms with Gasteiger partial charge < -0.3 is 14.3 Å². The molecule has 0 fully saturated rings. The first kappa shape index (κ1) is 27.3. The highest BCUT2D eigenvalue weighted by molar-refractivity contribution is 6.74. The van der Waals surface area contributed by atoms with Crippen LogP contribution in [0.2, 0.25) is 18.1 Å². The number of aromatic nitrogens is 3. The van der Waals surface area contributed by atoms with Crippen molar-refractivity contribution in [3.05, 3.63) is 58.1 Å². The molecule has 3 aromatic rings. The first-order valence-electron chi connectivity index (χ1n) is 11.3. The molecule has 0 aliphatic heterocycles. The molecule has 8 nitrogen and oxygen atoms in total. The zero-order chi connectivity index (χ0) is 26.9. The summed E-state index contributed by atoms with van der Waals surface area (Å²) >= 11 is 0. The van der Waals surface area contributed by atoms with Crippen molar-refractivity contribution in [1.82, 2.24) is 14.5 Å². The Labute approximate surface area is 208 Å². The molecular formula is C24H30F3N5O3Si. The van der Waals surface area contributed by atoms with Crippen LogP contribution in [0.5, 0.6) is 0 Å². The van der Waals surface area contributed by atoms with Gasteiger partial charge in [0.25, 0.3) is 11.5 Å². The number of carbonyl (C=O) groups excluding carboxylic acids is 1. The molecule has 36 heavy (non-hydrogen) atoms. The Morgan fingerprint density at radius 2 is 1.78 bits per heavy atom. The summed E-state index contributed by atoms with van der Waals surface area (Å²) in [5, 5.41) is 6.32. The predicted molar refractivity (Wildman–Crippen MR) is 136 cm³/mol. The van der Waals surface area contributed by atoms with Crippen LogP contribution in [0.1, 0.15) is 36.7 Å². The number of nitrogens with zero attached hydrogens (tertiary/aromatic N) is 3. The van der Waals surface area contributed by atoms with Crippen molar-refractivity contribution in [1.29, 1.82) is 0 Å². The first-order chi connectivity index (χ1) is 16.6. The number of amides is 1. The van der Waals surface area contributed by atoms with Gasteiger partial charge in [0.1, 0.15) is 5.56 Å². The highest BCUT2D eigenvalue weighted by Crippen LogP contribution is 2.36. The molecule has 2 aromatic heterocycles. The van der Waals surface area contributed by atoms with Gasteiger partial charge in [-0.25, -0.2) is 9.97 Å². The molecule has 2 N–H and O–H groups in total. The fourth-order valence-electron chi connectivity index (χ4n) is 3.23. The normalized spacial score (nSPS) is 12.6. The number of rotatable bonds is 7. The van der Waals surface area contributed by atoms with E-state index in [1.807, 2.05) is 6.07 Å². The largest absolute Gasteiger partial charge is 0.419 e. The maximum Gasteiger partial charge on any atom is 0.419 e. The molecule has 0 aliphatic carbocycles. The van der Waals surface area contributed by atoms with Crippen LogP contribution < -0.4 is 16.2 Å². The van der Waals surface area contributed by atoms with E-state index in [4.69, 9.17) is 4.43 Å². The Morgan fingerprint density at radius 1 is 1.14 bits per heavy atom. The van der Waals surface area contributed by atoms with E-state index in [0.29, 0.717) is 42.1 Å². The summed E-state index contributed by atoms with van der Waals surface area (Å²) in [6, 6.07) is 6.84. The van der Waals surface area contributed by atoms with Gasteiger partial charge in [0.2, 0.25) is 5.95 Å². The van der Waals surface area contributed by atoms with Crippen molar-refractivity contribution in [2.45, 2.75) is 45.1 Å². The van der Waals surface area contributed by atoms with E-state index < -0.39 is 31.5 Å². The van der Waals surface area contributed by atoms with Gasteiger partial charge in [-0.05, 0) is 36.3 Å². The third-order valence-corrected chi connectivity index (χ3v) is 10.9. The SMILES string of the molecule is Cn1c(=O)c(C(=O)Nc2ncc(C(F)(F)F)cn2)cc2c(NCCO[Si](C)(C)C(C)(C)C)cccc21. The summed E-state index contributed by atoms with van der Waals surface area (Å²) in [4.78, 5) is 32.7. The van der Waals surface area contributed by atoms with Crippen molar-refractivity contribution >= 4 is 36.8 Å². The molecule has 3 rings (SSSR count). The second-order valence-electron chi connectivity index (χ2n) is 9.94. The number of hydrogen-bond donors (Lipinski definition) is 2. The lowest BCUT2D eigenvalue weighted by Crippen LogP contribution is -2.41. The number of nitrogens with one attached hydrogen (secondary N) is 2. The van der Waals surface area contributed by atoms with Gasteiger partial charge in [0, 0.05) is 37.1 Å². The van der Waals surface area contributed by atoms with Crippen LogP contribution >= 0.6 is 0 Å². The van der Waals surface area contributed by atoms with E-state index in [9.17, 15) is 22.8 Å². The number of alkyl halides is 3. The number of benzene rings is 1.